The normalized spacial score (nSPS) is 22.2. The summed E-state index contributed by atoms with van der Waals surface area (Å²) in [6.07, 6.45) is 10.8. The number of hydrazine groups is 2. The van der Waals surface area contributed by atoms with Crippen LogP contribution in [0.15, 0.2) is 28.5 Å². The maximum atomic E-state index is 14.1. The predicted molar refractivity (Wildman–Crippen MR) is 145 cm³/mol. The van der Waals surface area contributed by atoms with E-state index in [0.29, 0.717) is 35.9 Å². The van der Waals surface area contributed by atoms with Gasteiger partial charge in [-0.2, -0.15) is 0 Å². The molecule has 2 aliphatic carbocycles. The van der Waals surface area contributed by atoms with E-state index in [1.807, 2.05) is 17.9 Å². The Morgan fingerprint density at radius 1 is 1.18 bits per heavy atom. The molecule has 0 aromatic heterocycles. The average Bonchev–Trinajstić information content (AvgIpc) is 3.57. The molecule has 1 spiro atoms. The molecular formula is C29H41FN6O2. The van der Waals surface area contributed by atoms with Gasteiger partial charge in [-0.3, -0.25) is 14.6 Å². The van der Waals surface area contributed by atoms with Gasteiger partial charge in [0.15, 0.2) is 11.6 Å². The highest BCUT2D eigenvalue weighted by Crippen LogP contribution is 2.46. The molecule has 1 saturated heterocycles. The summed E-state index contributed by atoms with van der Waals surface area (Å²) in [7, 11) is 1.81. The summed E-state index contributed by atoms with van der Waals surface area (Å²) < 4.78 is 14.1. The molecule has 1 aromatic rings. The molecule has 3 aliphatic heterocycles. The minimum absolute atomic E-state index is 0.0987. The molecule has 1 aromatic carbocycles. The first-order valence-corrected chi connectivity index (χ1v) is 14.3. The first kappa shape index (κ1) is 26.8. The van der Waals surface area contributed by atoms with Crippen molar-refractivity contribution in [2.75, 3.05) is 13.6 Å². The van der Waals surface area contributed by atoms with Crippen LogP contribution in [0.3, 0.4) is 0 Å². The Hall–Kier alpha value is -2.78. The number of carbonyl (C=O) groups is 2. The summed E-state index contributed by atoms with van der Waals surface area (Å²) >= 11 is 0. The van der Waals surface area contributed by atoms with Crippen LogP contribution < -0.4 is 16.4 Å². The number of nitrogens with one attached hydrogen (secondary N) is 3. The molecule has 38 heavy (non-hydrogen) atoms. The van der Waals surface area contributed by atoms with E-state index >= 15 is 0 Å². The van der Waals surface area contributed by atoms with E-state index in [-0.39, 0.29) is 17.2 Å². The number of allylic oxidation sites excluding steroid dienone is 2. The van der Waals surface area contributed by atoms with Gasteiger partial charge in [0.2, 0.25) is 5.91 Å². The van der Waals surface area contributed by atoms with Gasteiger partial charge in [0.05, 0.1) is 12.0 Å². The van der Waals surface area contributed by atoms with Gasteiger partial charge in [-0.1, -0.05) is 44.7 Å². The predicted octanol–water partition coefficient (Wildman–Crippen LogP) is 4.27. The Morgan fingerprint density at radius 2 is 1.95 bits per heavy atom. The Labute approximate surface area is 225 Å². The van der Waals surface area contributed by atoms with E-state index in [1.165, 1.54) is 25.7 Å². The largest absolute Gasteiger partial charge is 0.316 e. The zero-order valence-corrected chi connectivity index (χ0v) is 23.0. The van der Waals surface area contributed by atoms with E-state index in [2.05, 4.69) is 28.4 Å². The van der Waals surface area contributed by atoms with Gasteiger partial charge in [0, 0.05) is 47.0 Å². The number of hydrazone groups is 1. The SMILES string of the molecule is CC/C(=C(/C)C(=O)C1CCC1)N1CCC2(CCCCC2)C1=O.CNCc1ccc2c(c1F)CN1NNN=C21. The fraction of sp³-hybridized carbons (Fsp3) is 0.621. The molecule has 8 nitrogen and oxygen atoms in total. The standard InChI is InChI=1S/C19H29NO2.C10H12FN5/c1-3-16(14(2)17(21)15-8-7-9-15)20-13-12-19(18(20)22)10-5-4-6-11-19;1-12-4-6-2-3-7-8(9(6)11)5-16-10(7)13-14-15-16/h15H,3-13H2,1-2H3;2-3,12,14-15H,4-5H2,1H3/b16-14+;. The number of ketones is 1. The fourth-order valence-electron chi connectivity index (χ4n) is 6.64. The molecule has 9 heteroatoms. The Balaban J connectivity index is 0.000000162. The minimum Gasteiger partial charge on any atom is -0.316 e. The summed E-state index contributed by atoms with van der Waals surface area (Å²) in [4.78, 5) is 27.6. The van der Waals surface area contributed by atoms with Crippen LogP contribution in [-0.2, 0) is 22.7 Å². The zero-order valence-electron chi connectivity index (χ0n) is 23.0. The first-order chi connectivity index (χ1) is 18.4. The maximum Gasteiger partial charge on any atom is 0.233 e. The first-order valence-electron chi connectivity index (χ1n) is 14.3. The van der Waals surface area contributed by atoms with E-state index in [9.17, 15) is 14.0 Å². The van der Waals surface area contributed by atoms with Crippen molar-refractivity contribution in [1.29, 1.82) is 0 Å². The number of carbonyl (C=O) groups excluding carboxylic acids is 2. The molecule has 6 rings (SSSR count). The summed E-state index contributed by atoms with van der Waals surface area (Å²) in [5.74, 6) is 1.45. The lowest BCUT2D eigenvalue weighted by Gasteiger charge is -2.32. The lowest BCUT2D eigenvalue weighted by Crippen LogP contribution is -2.37. The molecule has 0 radical (unpaired) electrons. The lowest BCUT2D eigenvalue weighted by atomic mass is 9.73. The summed E-state index contributed by atoms with van der Waals surface area (Å²) in [5.41, 5.74) is 9.51. The molecule has 0 atom stereocenters. The Morgan fingerprint density at radius 3 is 2.61 bits per heavy atom. The van der Waals surface area contributed by atoms with Gasteiger partial charge >= 0.3 is 0 Å². The highest BCUT2D eigenvalue weighted by Gasteiger charge is 2.48. The Kier molecular flexibility index (Phi) is 7.86. The summed E-state index contributed by atoms with van der Waals surface area (Å²) in [6, 6.07) is 3.72. The van der Waals surface area contributed by atoms with Gasteiger partial charge in [-0.25, -0.2) is 9.93 Å². The van der Waals surface area contributed by atoms with Crippen LogP contribution >= 0.6 is 0 Å². The van der Waals surface area contributed by atoms with Crippen LogP contribution in [0.5, 0.6) is 0 Å². The molecule has 0 bridgehead atoms. The molecule has 206 valence electrons. The smallest absolute Gasteiger partial charge is 0.233 e. The van der Waals surface area contributed by atoms with Crippen LogP contribution in [0, 0.1) is 17.2 Å². The fourth-order valence-corrected chi connectivity index (χ4v) is 6.64. The number of amides is 1. The van der Waals surface area contributed by atoms with E-state index in [0.717, 1.165) is 67.7 Å². The number of likely N-dealkylation sites (tertiary alicyclic amines) is 1. The number of hydrogen-bond donors (Lipinski definition) is 3. The van der Waals surface area contributed by atoms with E-state index in [1.54, 1.807) is 18.1 Å². The van der Waals surface area contributed by atoms with Gasteiger partial charge < -0.3 is 10.2 Å². The van der Waals surface area contributed by atoms with Crippen molar-refractivity contribution in [3.63, 3.8) is 0 Å². The molecule has 5 aliphatic rings. The van der Waals surface area contributed by atoms with Crippen molar-refractivity contribution in [3.05, 3.63) is 45.9 Å². The van der Waals surface area contributed by atoms with Crippen molar-refractivity contribution in [2.45, 2.75) is 91.1 Å². The second kappa shape index (κ2) is 11.1. The molecule has 3 heterocycles. The lowest BCUT2D eigenvalue weighted by molar-refractivity contribution is -0.136. The number of halogens is 1. The molecule has 0 unspecified atom stereocenters. The minimum atomic E-state index is -0.134. The molecule has 3 N–H and O–H groups in total. The number of hydrogen-bond acceptors (Lipinski definition) is 7. The van der Waals surface area contributed by atoms with Gasteiger partial charge in [0.1, 0.15) is 5.82 Å². The molecular weight excluding hydrogens is 483 g/mol. The number of amidine groups is 1. The number of nitrogens with zero attached hydrogens (tertiary/aromatic N) is 3. The van der Waals surface area contributed by atoms with Crippen molar-refractivity contribution in [1.82, 2.24) is 26.3 Å². The number of rotatable bonds is 6. The van der Waals surface area contributed by atoms with Crippen LogP contribution in [0.4, 0.5) is 4.39 Å². The highest BCUT2D eigenvalue weighted by molar-refractivity contribution is 6.02. The Bertz CT molecular complexity index is 1150. The van der Waals surface area contributed by atoms with E-state index < -0.39 is 0 Å². The second-order valence-electron chi connectivity index (χ2n) is 11.3. The van der Waals surface area contributed by atoms with Gasteiger partial charge in [-0.15, -0.1) is 10.6 Å². The third-order valence-electron chi connectivity index (χ3n) is 9.11. The van der Waals surface area contributed by atoms with Crippen molar-refractivity contribution < 1.29 is 14.0 Å². The van der Waals surface area contributed by atoms with Gasteiger partial charge in [-0.05, 0) is 52.5 Å². The third-order valence-corrected chi connectivity index (χ3v) is 9.11. The van der Waals surface area contributed by atoms with Crippen LogP contribution in [0.2, 0.25) is 0 Å². The third kappa shape index (κ3) is 4.75. The zero-order chi connectivity index (χ0) is 26.9. The topological polar surface area (TPSA) is 89.1 Å². The van der Waals surface area contributed by atoms with Gasteiger partial charge in [0.25, 0.3) is 0 Å². The number of Topliss-reactive ketones (excluding diaryl/α,β-unsaturated/α-hetero) is 1. The van der Waals surface area contributed by atoms with Crippen LogP contribution in [0.1, 0.15) is 94.7 Å². The molecule has 1 amide bonds. The molecule has 3 fully saturated rings. The summed E-state index contributed by atoms with van der Waals surface area (Å²) in [6.45, 7) is 5.88. The number of fused-ring (bicyclic) bond motifs is 3. The van der Waals surface area contributed by atoms with Crippen LogP contribution in [0.25, 0.3) is 0 Å². The monoisotopic (exact) mass is 524 g/mol. The second-order valence-corrected chi connectivity index (χ2v) is 11.3. The maximum absolute atomic E-state index is 14.1. The highest BCUT2D eigenvalue weighted by atomic mass is 19.1. The van der Waals surface area contributed by atoms with Crippen molar-refractivity contribution in [2.24, 2.45) is 16.4 Å². The average molecular weight is 525 g/mol. The van der Waals surface area contributed by atoms with Crippen LogP contribution in [-0.4, -0.2) is 41.0 Å². The van der Waals surface area contributed by atoms with Crippen molar-refractivity contribution in [3.8, 4) is 0 Å². The number of benzene rings is 1. The molecule has 2 saturated carbocycles. The summed E-state index contributed by atoms with van der Waals surface area (Å²) in [5, 5.41) is 8.80. The van der Waals surface area contributed by atoms with E-state index in [4.69, 9.17) is 0 Å². The van der Waals surface area contributed by atoms with Crippen molar-refractivity contribution >= 4 is 17.5 Å². The quantitative estimate of drug-likeness (QED) is 0.482.